The van der Waals surface area contributed by atoms with E-state index in [1.54, 1.807) is 29.9 Å². The number of anilines is 1. The fourth-order valence-corrected chi connectivity index (χ4v) is 2.32. The fraction of sp³-hybridized carbons (Fsp3) is 0.118. The Morgan fingerprint density at radius 1 is 1.21 bits per heavy atom. The number of hydrogen-bond acceptors (Lipinski definition) is 5. The summed E-state index contributed by atoms with van der Waals surface area (Å²) in [7, 11) is 1.74. The molecule has 0 radical (unpaired) electrons. The van der Waals surface area contributed by atoms with Crippen LogP contribution >= 0.6 is 0 Å². The van der Waals surface area contributed by atoms with E-state index in [4.69, 9.17) is 0 Å². The molecule has 3 aromatic rings. The molecule has 1 amide bonds. The van der Waals surface area contributed by atoms with Gasteiger partial charge in [0, 0.05) is 18.8 Å². The Labute approximate surface area is 138 Å². The fourth-order valence-electron chi connectivity index (χ4n) is 2.32. The summed E-state index contributed by atoms with van der Waals surface area (Å²) in [6, 6.07) is 14.9. The molecule has 2 aromatic heterocycles. The third-order valence-electron chi connectivity index (χ3n) is 3.52. The van der Waals surface area contributed by atoms with Gasteiger partial charge in [0.15, 0.2) is 17.6 Å². The molecule has 7 nitrogen and oxygen atoms in total. The van der Waals surface area contributed by atoms with Crippen LogP contribution in [0.25, 0.3) is 11.4 Å². The van der Waals surface area contributed by atoms with Crippen molar-refractivity contribution in [2.75, 3.05) is 5.32 Å². The molecule has 1 aromatic carbocycles. The normalized spacial score (nSPS) is 11.5. The molecule has 0 fully saturated rings. The Morgan fingerprint density at radius 2 is 2.00 bits per heavy atom. The SMILES string of the molecule is Cn1c(-c2ccccc2)nnc1C(C#N)C(=O)Nc1cccnc1. The monoisotopic (exact) mass is 318 g/mol. The summed E-state index contributed by atoms with van der Waals surface area (Å²) in [5.41, 5.74) is 1.39. The summed E-state index contributed by atoms with van der Waals surface area (Å²) < 4.78 is 1.66. The predicted molar refractivity (Wildman–Crippen MR) is 87.7 cm³/mol. The molecule has 3 rings (SSSR count). The van der Waals surface area contributed by atoms with Crippen LogP contribution in [0.3, 0.4) is 0 Å². The van der Waals surface area contributed by atoms with Crippen LogP contribution in [-0.2, 0) is 11.8 Å². The smallest absolute Gasteiger partial charge is 0.249 e. The number of benzene rings is 1. The highest BCUT2D eigenvalue weighted by molar-refractivity contribution is 5.97. The van der Waals surface area contributed by atoms with Crippen LogP contribution in [0.5, 0.6) is 0 Å². The lowest BCUT2D eigenvalue weighted by Gasteiger charge is -2.10. The van der Waals surface area contributed by atoms with Gasteiger partial charge in [0.25, 0.3) is 0 Å². The first-order valence-electron chi connectivity index (χ1n) is 7.26. The van der Waals surface area contributed by atoms with Crippen molar-refractivity contribution in [1.29, 1.82) is 5.26 Å². The summed E-state index contributed by atoms with van der Waals surface area (Å²) in [5.74, 6) is -0.654. The molecule has 118 valence electrons. The number of amides is 1. The summed E-state index contributed by atoms with van der Waals surface area (Å²) >= 11 is 0. The minimum atomic E-state index is -1.07. The molecule has 0 saturated carbocycles. The van der Waals surface area contributed by atoms with Crippen LogP contribution in [0.1, 0.15) is 11.7 Å². The van der Waals surface area contributed by atoms with Gasteiger partial charge in [-0.25, -0.2) is 0 Å². The third-order valence-corrected chi connectivity index (χ3v) is 3.52. The van der Waals surface area contributed by atoms with E-state index in [2.05, 4.69) is 20.5 Å². The molecule has 0 aliphatic rings. The summed E-state index contributed by atoms with van der Waals surface area (Å²) in [4.78, 5) is 16.3. The van der Waals surface area contributed by atoms with Crippen molar-refractivity contribution < 1.29 is 4.79 Å². The van der Waals surface area contributed by atoms with E-state index in [1.807, 2.05) is 36.4 Å². The van der Waals surface area contributed by atoms with Crippen LogP contribution in [0.15, 0.2) is 54.9 Å². The zero-order valence-electron chi connectivity index (χ0n) is 12.9. The molecule has 24 heavy (non-hydrogen) atoms. The summed E-state index contributed by atoms with van der Waals surface area (Å²) in [6.45, 7) is 0. The molecular weight excluding hydrogens is 304 g/mol. The molecule has 0 spiro atoms. The van der Waals surface area contributed by atoms with Gasteiger partial charge in [0.1, 0.15) is 0 Å². The van der Waals surface area contributed by atoms with Crippen LogP contribution in [-0.4, -0.2) is 25.7 Å². The number of pyridine rings is 1. The highest BCUT2D eigenvalue weighted by atomic mass is 16.1. The Morgan fingerprint density at radius 3 is 2.67 bits per heavy atom. The van der Waals surface area contributed by atoms with E-state index in [0.29, 0.717) is 11.5 Å². The van der Waals surface area contributed by atoms with E-state index >= 15 is 0 Å². The first-order valence-corrected chi connectivity index (χ1v) is 7.26. The van der Waals surface area contributed by atoms with Gasteiger partial charge < -0.3 is 9.88 Å². The van der Waals surface area contributed by atoms with Crippen molar-refractivity contribution in [2.24, 2.45) is 7.05 Å². The average Bonchev–Trinajstić information content (AvgIpc) is 2.99. The molecule has 1 unspecified atom stereocenters. The standard InChI is InChI=1S/C17H14N6O/c1-23-15(12-6-3-2-4-7-12)21-22-16(23)14(10-18)17(24)20-13-8-5-9-19-11-13/h2-9,11,14H,1H3,(H,20,24). The molecule has 1 N–H and O–H groups in total. The van der Waals surface area contributed by atoms with Crippen molar-refractivity contribution in [3.05, 3.63) is 60.7 Å². The minimum absolute atomic E-state index is 0.290. The Balaban J connectivity index is 1.88. The number of rotatable bonds is 4. The number of nitrogens with zero attached hydrogens (tertiary/aromatic N) is 5. The third kappa shape index (κ3) is 2.98. The number of nitriles is 1. The van der Waals surface area contributed by atoms with Gasteiger partial charge in [0.2, 0.25) is 5.91 Å². The van der Waals surface area contributed by atoms with Crippen molar-refractivity contribution >= 4 is 11.6 Å². The van der Waals surface area contributed by atoms with E-state index in [-0.39, 0.29) is 5.82 Å². The molecule has 2 heterocycles. The van der Waals surface area contributed by atoms with E-state index in [9.17, 15) is 10.1 Å². The molecule has 1 atom stereocenters. The van der Waals surface area contributed by atoms with Gasteiger partial charge in [0.05, 0.1) is 18.0 Å². The molecule has 0 saturated heterocycles. The van der Waals surface area contributed by atoms with Crippen LogP contribution in [0, 0.1) is 11.3 Å². The van der Waals surface area contributed by atoms with Crippen molar-refractivity contribution in [1.82, 2.24) is 19.7 Å². The molecule has 7 heteroatoms. The first kappa shape index (κ1) is 15.4. The van der Waals surface area contributed by atoms with Crippen LogP contribution in [0.4, 0.5) is 5.69 Å². The van der Waals surface area contributed by atoms with Crippen LogP contribution < -0.4 is 5.32 Å². The molecular formula is C17H14N6O. The van der Waals surface area contributed by atoms with Crippen molar-refractivity contribution in [3.8, 4) is 17.5 Å². The highest BCUT2D eigenvalue weighted by Gasteiger charge is 2.27. The summed E-state index contributed by atoms with van der Waals surface area (Å²) in [5, 5.41) is 20.2. The Bertz CT molecular complexity index is 882. The lowest BCUT2D eigenvalue weighted by Crippen LogP contribution is -2.22. The van der Waals surface area contributed by atoms with Crippen molar-refractivity contribution in [3.63, 3.8) is 0 Å². The quantitative estimate of drug-likeness (QED) is 0.795. The van der Waals surface area contributed by atoms with Gasteiger partial charge >= 0.3 is 0 Å². The first-order chi connectivity index (χ1) is 11.7. The van der Waals surface area contributed by atoms with Crippen LogP contribution in [0.2, 0.25) is 0 Å². The van der Waals surface area contributed by atoms with Gasteiger partial charge in [-0.3, -0.25) is 9.78 Å². The van der Waals surface area contributed by atoms with Crippen molar-refractivity contribution in [2.45, 2.75) is 5.92 Å². The highest BCUT2D eigenvalue weighted by Crippen LogP contribution is 2.21. The predicted octanol–water partition coefficient (Wildman–Crippen LogP) is 2.12. The van der Waals surface area contributed by atoms with Gasteiger partial charge in [-0.2, -0.15) is 5.26 Å². The van der Waals surface area contributed by atoms with Gasteiger partial charge in [-0.05, 0) is 12.1 Å². The topological polar surface area (TPSA) is 96.5 Å². The molecule has 0 aliphatic heterocycles. The average molecular weight is 318 g/mol. The lowest BCUT2D eigenvalue weighted by molar-refractivity contribution is -0.116. The zero-order chi connectivity index (χ0) is 16.9. The minimum Gasteiger partial charge on any atom is -0.323 e. The van der Waals surface area contributed by atoms with E-state index < -0.39 is 11.8 Å². The number of aromatic nitrogens is 4. The molecule has 0 aliphatic carbocycles. The second-order valence-corrected chi connectivity index (χ2v) is 5.10. The Hall–Kier alpha value is -3.53. The largest absolute Gasteiger partial charge is 0.323 e. The maximum atomic E-state index is 12.4. The van der Waals surface area contributed by atoms with E-state index in [0.717, 1.165) is 5.56 Å². The Kier molecular flexibility index (Phi) is 4.29. The molecule has 0 bridgehead atoms. The number of carbonyl (C=O) groups is 1. The number of hydrogen-bond donors (Lipinski definition) is 1. The maximum Gasteiger partial charge on any atom is 0.249 e. The second-order valence-electron chi connectivity index (χ2n) is 5.10. The second kappa shape index (κ2) is 6.71. The zero-order valence-corrected chi connectivity index (χ0v) is 12.9. The number of carbonyl (C=O) groups excluding carboxylic acids is 1. The number of nitrogens with one attached hydrogen (secondary N) is 1. The maximum absolute atomic E-state index is 12.4. The van der Waals surface area contributed by atoms with Gasteiger partial charge in [-0.1, -0.05) is 30.3 Å². The van der Waals surface area contributed by atoms with E-state index in [1.165, 1.54) is 6.20 Å². The lowest BCUT2D eigenvalue weighted by atomic mass is 10.1. The van der Waals surface area contributed by atoms with Gasteiger partial charge in [-0.15, -0.1) is 10.2 Å². The summed E-state index contributed by atoms with van der Waals surface area (Å²) in [6.07, 6.45) is 3.12.